The summed E-state index contributed by atoms with van der Waals surface area (Å²) in [5.74, 6) is -7.48. The first kappa shape index (κ1) is 13.4. The molecule has 0 aliphatic heterocycles. The third-order valence-electron chi connectivity index (χ3n) is 3.68. The van der Waals surface area contributed by atoms with Crippen LogP contribution in [0.3, 0.4) is 0 Å². The van der Waals surface area contributed by atoms with Crippen LogP contribution in [-0.2, 0) is 24.0 Å². The monoisotopic (exact) mass is 268 g/mol. The van der Waals surface area contributed by atoms with E-state index in [0.717, 1.165) is 0 Å². The highest BCUT2D eigenvalue weighted by Crippen LogP contribution is 2.40. The second-order valence-corrected chi connectivity index (χ2v) is 5.09. The summed E-state index contributed by atoms with van der Waals surface area (Å²) in [5, 5.41) is 17.9. The quantitative estimate of drug-likeness (QED) is 0.668. The summed E-state index contributed by atoms with van der Waals surface area (Å²) in [5.41, 5.74) is -2.42. The van der Waals surface area contributed by atoms with Crippen molar-refractivity contribution < 1.29 is 34.2 Å². The van der Waals surface area contributed by atoms with Crippen molar-refractivity contribution in [3.05, 3.63) is 0 Å². The summed E-state index contributed by atoms with van der Waals surface area (Å²) < 4.78 is 0. The molecule has 0 spiro atoms. The molecule has 0 bridgehead atoms. The van der Waals surface area contributed by atoms with E-state index in [2.05, 4.69) is 0 Å². The molecule has 2 rings (SSSR count). The van der Waals surface area contributed by atoms with Crippen LogP contribution < -0.4 is 0 Å². The summed E-state index contributed by atoms with van der Waals surface area (Å²) >= 11 is 0. The van der Waals surface area contributed by atoms with Gasteiger partial charge in [0.05, 0.1) is 0 Å². The maximum Gasteiger partial charge on any atom is 0.321 e. The Hall–Kier alpha value is -2.05. The van der Waals surface area contributed by atoms with Crippen molar-refractivity contribution in [3.63, 3.8) is 0 Å². The lowest BCUT2D eigenvalue weighted by Gasteiger charge is -2.30. The second kappa shape index (κ2) is 4.25. The van der Waals surface area contributed by atoms with E-state index in [1.165, 1.54) is 0 Å². The van der Waals surface area contributed by atoms with E-state index in [9.17, 15) is 24.0 Å². The zero-order valence-corrected chi connectivity index (χ0v) is 9.92. The van der Waals surface area contributed by atoms with E-state index >= 15 is 0 Å². The number of rotatable bonds is 4. The molecule has 19 heavy (non-hydrogen) atoms. The fourth-order valence-electron chi connectivity index (χ4n) is 2.36. The average molecular weight is 268 g/mol. The first-order chi connectivity index (χ1) is 8.79. The molecule has 0 amide bonds. The Morgan fingerprint density at radius 1 is 0.947 bits per heavy atom. The molecule has 2 N–H and O–H groups in total. The summed E-state index contributed by atoms with van der Waals surface area (Å²) in [6.45, 7) is 0. The molecule has 0 radical (unpaired) electrons. The molecule has 0 unspecified atom stereocenters. The van der Waals surface area contributed by atoms with Crippen LogP contribution in [0.1, 0.15) is 25.7 Å². The van der Waals surface area contributed by atoms with Gasteiger partial charge in [0.15, 0.2) is 22.8 Å². The van der Waals surface area contributed by atoms with Gasteiger partial charge in [-0.3, -0.25) is 24.0 Å². The molecule has 2 aliphatic carbocycles. The Balaban J connectivity index is 2.29. The lowest BCUT2D eigenvalue weighted by Crippen LogP contribution is -2.51. The molecule has 0 atom stereocenters. The van der Waals surface area contributed by atoms with Gasteiger partial charge in [-0.25, -0.2) is 0 Å². The SMILES string of the molecule is O=C1CC(C(=O)O)(C(=O)O)CC(=O)C1C(=O)C1CC1. The van der Waals surface area contributed by atoms with Gasteiger partial charge in [-0.2, -0.15) is 0 Å². The number of hydrogen-bond acceptors (Lipinski definition) is 5. The van der Waals surface area contributed by atoms with E-state index < -0.39 is 53.5 Å². The van der Waals surface area contributed by atoms with Crippen LogP contribution in [0, 0.1) is 17.3 Å². The predicted molar refractivity (Wildman–Crippen MR) is 58.2 cm³/mol. The number of Topliss-reactive ketones (excluding diaryl/α,β-unsaturated/α-hetero) is 3. The minimum Gasteiger partial charge on any atom is -0.480 e. The Labute approximate surface area is 107 Å². The second-order valence-electron chi connectivity index (χ2n) is 5.09. The lowest BCUT2D eigenvalue weighted by molar-refractivity contribution is -0.173. The number of hydrogen-bond donors (Lipinski definition) is 2. The summed E-state index contributed by atoms with van der Waals surface area (Å²) in [6.07, 6.45) is -0.378. The van der Waals surface area contributed by atoms with Gasteiger partial charge < -0.3 is 10.2 Å². The Morgan fingerprint density at radius 3 is 1.68 bits per heavy atom. The molecule has 7 nitrogen and oxygen atoms in total. The fraction of sp³-hybridized carbons (Fsp3) is 0.583. The molecule has 2 aliphatic rings. The Kier molecular flexibility index (Phi) is 3.00. The molecule has 0 aromatic rings. The molecule has 0 saturated heterocycles. The minimum atomic E-state index is -2.42. The number of carboxylic acid groups (broad SMARTS) is 2. The zero-order valence-electron chi connectivity index (χ0n) is 9.92. The van der Waals surface area contributed by atoms with Crippen LogP contribution >= 0.6 is 0 Å². The van der Waals surface area contributed by atoms with Crippen molar-refractivity contribution in [3.8, 4) is 0 Å². The van der Waals surface area contributed by atoms with Gasteiger partial charge in [-0.1, -0.05) is 0 Å². The van der Waals surface area contributed by atoms with E-state index in [1.54, 1.807) is 0 Å². The average Bonchev–Trinajstić information content (AvgIpc) is 3.10. The normalized spacial score (nSPS) is 23.2. The molecule has 0 aromatic heterocycles. The predicted octanol–water partition coefficient (Wildman–Crippen LogP) is -0.331. The van der Waals surface area contributed by atoms with Crippen LogP contribution in [0.5, 0.6) is 0 Å². The molecule has 0 aromatic carbocycles. The van der Waals surface area contributed by atoms with Crippen molar-refractivity contribution in [2.24, 2.45) is 17.3 Å². The van der Waals surface area contributed by atoms with E-state index in [-0.39, 0.29) is 5.92 Å². The van der Waals surface area contributed by atoms with Crippen molar-refractivity contribution in [2.75, 3.05) is 0 Å². The van der Waals surface area contributed by atoms with Gasteiger partial charge in [0, 0.05) is 18.8 Å². The highest BCUT2D eigenvalue weighted by atomic mass is 16.4. The Morgan fingerprint density at radius 2 is 1.37 bits per heavy atom. The molecule has 7 heteroatoms. The van der Waals surface area contributed by atoms with Crippen LogP contribution in [0.4, 0.5) is 0 Å². The van der Waals surface area contributed by atoms with Crippen LogP contribution in [0.2, 0.25) is 0 Å². The highest BCUT2D eigenvalue weighted by Gasteiger charge is 2.58. The van der Waals surface area contributed by atoms with Crippen LogP contribution in [0.15, 0.2) is 0 Å². The zero-order chi connectivity index (χ0) is 14.4. The van der Waals surface area contributed by atoms with Gasteiger partial charge in [-0.05, 0) is 12.8 Å². The van der Waals surface area contributed by atoms with E-state index in [1.807, 2.05) is 0 Å². The lowest BCUT2D eigenvalue weighted by atomic mass is 9.67. The molecule has 102 valence electrons. The molecule has 2 saturated carbocycles. The largest absolute Gasteiger partial charge is 0.480 e. The standard InChI is InChI=1S/C12H12O7/c13-6-3-12(10(16)17,11(18)19)4-7(14)8(6)9(15)5-1-2-5/h5,8H,1-4H2,(H,16,17)(H,18,19). The van der Waals surface area contributed by atoms with Crippen molar-refractivity contribution >= 4 is 29.3 Å². The first-order valence-electron chi connectivity index (χ1n) is 5.85. The van der Waals surface area contributed by atoms with Crippen LogP contribution in [-0.4, -0.2) is 39.5 Å². The van der Waals surface area contributed by atoms with Gasteiger partial charge in [-0.15, -0.1) is 0 Å². The minimum absolute atomic E-state index is 0.306. The maximum atomic E-state index is 11.8. The van der Waals surface area contributed by atoms with Gasteiger partial charge >= 0.3 is 11.9 Å². The Bertz CT molecular complexity index is 466. The summed E-state index contributed by atoms with van der Waals surface area (Å²) in [4.78, 5) is 57.6. The number of ketones is 3. The van der Waals surface area contributed by atoms with E-state index in [4.69, 9.17) is 10.2 Å². The molecular formula is C12H12O7. The van der Waals surface area contributed by atoms with Gasteiger partial charge in [0.25, 0.3) is 0 Å². The molecule has 0 heterocycles. The van der Waals surface area contributed by atoms with Crippen molar-refractivity contribution in [2.45, 2.75) is 25.7 Å². The van der Waals surface area contributed by atoms with Gasteiger partial charge in [0.2, 0.25) is 0 Å². The third kappa shape index (κ3) is 2.05. The topological polar surface area (TPSA) is 126 Å². The molecular weight excluding hydrogens is 256 g/mol. The maximum absolute atomic E-state index is 11.8. The summed E-state index contributed by atoms with van der Waals surface area (Å²) in [7, 11) is 0. The first-order valence-corrected chi connectivity index (χ1v) is 5.85. The number of carbonyl (C=O) groups excluding carboxylic acids is 3. The smallest absolute Gasteiger partial charge is 0.321 e. The van der Waals surface area contributed by atoms with E-state index in [0.29, 0.717) is 12.8 Å². The van der Waals surface area contributed by atoms with Crippen molar-refractivity contribution in [1.29, 1.82) is 0 Å². The number of carboxylic acids is 2. The fourth-order valence-corrected chi connectivity index (χ4v) is 2.36. The summed E-state index contributed by atoms with van der Waals surface area (Å²) in [6, 6.07) is 0. The van der Waals surface area contributed by atoms with Gasteiger partial charge in [0.1, 0.15) is 5.92 Å². The number of aliphatic carboxylic acids is 2. The van der Waals surface area contributed by atoms with Crippen molar-refractivity contribution in [1.82, 2.24) is 0 Å². The third-order valence-corrected chi connectivity index (χ3v) is 3.68. The number of carbonyl (C=O) groups is 5. The van der Waals surface area contributed by atoms with Crippen LogP contribution in [0.25, 0.3) is 0 Å². The highest BCUT2D eigenvalue weighted by molar-refractivity contribution is 6.25. The molecule has 2 fully saturated rings.